The molecular formula is C24H20ClNO4S. The topological polar surface area (TPSA) is 55.8 Å². The van der Waals surface area contributed by atoms with Crippen molar-refractivity contribution in [1.29, 1.82) is 0 Å². The summed E-state index contributed by atoms with van der Waals surface area (Å²) in [5.74, 6) is 0.854. The minimum Gasteiger partial charge on any atom is -0.493 e. The highest BCUT2D eigenvalue weighted by Gasteiger charge is 2.35. The van der Waals surface area contributed by atoms with Crippen LogP contribution in [0.2, 0.25) is 5.02 Å². The van der Waals surface area contributed by atoms with Gasteiger partial charge >= 0.3 is 0 Å². The fourth-order valence-electron chi connectivity index (χ4n) is 3.34. The quantitative estimate of drug-likeness (QED) is 0.410. The van der Waals surface area contributed by atoms with E-state index in [1.54, 1.807) is 24.3 Å². The van der Waals surface area contributed by atoms with Crippen molar-refractivity contribution in [2.75, 3.05) is 19.8 Å². The van der Waals surface area contributed by atoms with Crippen molar-refractivity contribution in [2.45, 2.75) is 6.92 Å². The fourth-order valence-corrected chi connectivity index (χ4v) is 4.38. The second-order valence-corrected chi connectivity index (χ2v) is 8.14. The van der Waals surface area contributed by atoms with E-state index in [2.05, 4.69) is 0 Å². The number of hydrogen-bond acceptors (Lipinski definition) is 5. The smallest absolute Gasteiger partial charge is 0.293 e. The van der Waals surface area contributed by atoms with Crippen LogP contribution in [0.15, 0.2) is 65.6 Å². The Morgan fingerprint density at radius 2 is 1.74 bits per heavy atom. The number of fused-ring (bicyclic) bond motifs is 1. The van der Waals surface area contributed by atoms with Crippen LogP contribution in [-0.2, 0) is 4.79 Å². The van der Waals surface area contributed by atoms with E-state index in [-0.39, 0.29) is 24.3 Å². The molecule has 1 fully saturated rings. The number of benzene rings is 3. The summed E-state index contributed by atoms with van der Waals surface area (Å²) in [5, 5.41) is 2.15. The Morgan fingerprint density at radius 1 is 0.968 bits per heavy atom. The lowest BCUT2D eigenvalue weighted by Gasteiger charge is -2.14. The van der Waals surface area contributed by atoms with Crippen LogP contribution in [-0.4, -0.2) is 35.8 Å². The van der Waals surface area contributed by atoms with Gasteiger partial charge in [-0.15, -0.1) is 0 Å². The number of nitrogens with zero attached hydrogens (tertiary/aromatic N) is 1. The molecule has 0 radical (unpaired) electrons. The van der Waals surface area contributed by atoms with Gasteiger partial charge in [0.05, 0.1) is 23.1 Å². The fraction of sp³-hybridized carbons (Fsp3) is 0.167. The van der Waals surface area contributed by atoms with Gasteiger partial charge in [-0.1, -0.05) is 54.1 Å². The molecule has 0 bridgehead atoms. The third-order valence-electron chi connectivity index (χ3n) is 4.79. The van der Waals surface area contributed by atoms with Gasteiger partial charge in [0.25, 0.3) is 11.1 Å². The summed E-state index contributed by atoms with van der Waals surface area (Å²) in [7, 11) is 0. The summed E-state index contributed by atoms with van der Waals surface area (Å²) in [6.07, 6.45) is 1.74. The molecule has 0 spiro atoms. The van der Waals surface area contributed by atoms with Crippen LogP contribution in [0, 0.1) is 0 Å². The molecule has 0 aliphatic carbocycles. The zero-order valence-corrected chi connectivity index (χ0v) is 18.4. The Morgan fingerprint density at radius 3 is 2.55 bits per heavy atom. The monoisotopic (exact) mass is 453 g/mol. The van der Waals surface area contributed by atoms with Crippen LogP contribution < -0.4 is 9.47 Å². The molecule has 1 heterocycles. The average Bonchev–Trinajstić information content (AvgIpc) is 3.04. The summed E-state index contributed by atoms with van der Waals surface area (Å²) in [6.45, 7) is 2.71. The number of ether oxygens (including phenoxy) is 2. The van der Waals surface area contributed by atoms with Crippen molar-refractivity contribution in [3.63, 3.8) is 0 Å². The Hall–Kier alpha value is -2.96. The van der Waals surface area contributed by atoms with Crippen molar-refractivity contribution >= 4 is 51.4 Å². The first-order valence-electron chi connectivity index (χ1n) is 9.85. The predicted octanol–water partition coefficient (Wildman–Crippen LogP) is 6.01. The lowest BCUT2D eigenvalue weighted by atomic mass is 10.0. The third-order valence-corrected chi connectivity index (χ3v) is 6.01. The van der Waals surface area contributed by atoms with E-state index in [4.69, 9.17) is 21.1 Å². The van der Waals surface area contributed by atoms with Crippen LogP contribution in [0.1, 0.15) is 12.5 Å². The van der Waals surface area contributed by atoms with E-state index in [0.717, 1.165) is 28.1 Å². The molecular weight excluding hydrogens is 434 g/mol. The second kappa shape index (κ2) is 9.45. The van der Waals surface area contributed by atoms with Crippen LogP contribution >= 0.6 is 23.4 Å². The second-order valence-electron chi connectivity index (χ2n) is 6.74. The number of rotatable bonds is 7. The van der Waals surface area contributed by atoms with Crippen molar-refractivity contribution in [3.05, 3.63) is 76.2 Å². The van der Waals surface area contributed by atoms with Gasteiger partial charge in [-0.3, -0.25) is 14.5 Å². The minimum absolute atomic E-state index is 0.140. The zero-order valence-electron chi connectivity index (χ0n) is 16.8. The maximum absolute atomic E-state index is 12.9. The first-order valence-corrected chi connectivity index (χ1v) is 11.0. The molecule has 0 unspecified atom stereocenters. The summed E-state index contributed by atoms with van der Waals surface area (Å²) in [6, 6.07) is 18.8. The van der Waals surface area contributed by atoms with Crippen LogP contribution in [0.5, 0.6) is 11.5 Å². The highest BCUT2D eigenvalue weighted by Crippen LogP contribution is 2.36. The number of hydrogen-bond donors (Lipinski definition) is 0. The first kappa shape index (κ1) is 21.3. The third kappa shape index (κ3) is 4.55. The SMILES string of the molecule is CCOc1ccc2ccccc2c1/C=C1\SC(=O)N(CCOc2ccccc2Cl)C1=O. The van der Waals surface area contributed by atoms with Crippen LogP contribution in [0.25, 0.3) is 16.8 Å². The molecule has 0 saturated carbocycles. The normalized spacial score (nSPS) is 15.2. The van der Waals surface area contributed by atoms with Crippen molar-refractivity contribution in [2.24, 2.45) is 0 Å². The zero-order chi connectivity index (χ0) is 21.8. The number of thioether (sulfide) groups is 1. The Kier molecular flexibility index (Phi) is 6.49. The van der Waals surface area contributed by atoms with Gasteiger partial charge in [0, 0.05) is 5.56 Å². The molecule has 1 aliphatic rings. The molecule has 4 rings (SSSR count). The number of para-hydroxylation sites is 1. The van der Waals surface area contributed by atoms with Gasteiger partial charge < -0.3 is 9.47 Å². The highest BCUT2D eigenvalue weighted by molar-refractivity contribution is 8.18. The molecule has 0 N–H and O–H groups in total. The maximum atomic E-state index is 12.9. The van der Waals surface area contributed by atoms with Crippen molar-refractivity contribution in [1.82, 2.24) is 4.90 Å². The molecule has 3 aromatic carbocycles. The van der Waals surface area contributed by atoms with Gasteiger partial charge in [0.1, 0.15) is 18.1 Å². The van der Waals surface area contributed by atoms with Crippen molar-refractivity contribution in [3.8, 4) is 11.5 Å². The lowest BCUT2D eigenvalue weighted by Crippen LogP contribution is -2.32. The van der Waals surface area contributed by atoms with E-state index < -0.39 is 0 Å². The first-order chi connectivity index (χ1) is 15.1. The van der Waals surface area contributed by atoms with E-state index >= 15 is 0 Å². The van der Waals surface area contributed by atoms with Crippen LogP contribution in [0.4, 0.5) is 4.79 Å². The van der Waals surface area contributed by atoms with Crippen LogP contribution in [0.3, 0.4) is 0 Å². The van der Waals surface area contributed by atoms with E-state index in [1.807, 2.05) is 49.4 Å². The molecule has 1 saturated heterocycles. The van der Waals surface area contributed by atoms with E-state index in [1.165, 1.54) is 4.90 Å². The maximum Gasteiger partial charge on any atom is 0.293 e. The number of amides is 2. The molecule has 0 atom stereocenters. The molecule has 31 heavy (non-hydrogen) atoms. The number of halogens is 1. The molecule has 3 aromatic rings. The predicted molar refractivity (Wildman–Crippen MR) is 125 cm³/mol. The number of imide groups is 1. The van der Waals surface area contributed by atoms with E-state index in [9.17, 15) is 9.59 Å². The molecule has 5 nitrogen and oxygen atoms in total. The Labute approximate surface area is 189 Å². The van der Waals surface area contributed by atoms with Gasteiger partial charge in [-0.25, -0.2) is 0 Å². The van der Waals surface area contributed by atoms with Gasteiger partial charge in [-0.05, 0) is 53.7 Å². The largest absolute Gasteiger partial charge is 0.493 e. The summed E-state index contributed by atoms with van der Waals surface area (Å²) < 4.78 is 11.4. The van der Waals surface area contributed by atoms with Crippen molar-refractivity contribution < 1.29 is 19.1 Å². The standard InChI is InChI=1S/C24H20ClNO4S/c1-2-29-20-12-11-16-7-3-4-8-17(16)18(20)15-22-23(27)26(24(28)31-22)13-14-30-21-10-6-5-9-19(21)25/h3-12,15H,2,13-14H2,1H3/b22-15-. The molecule has 0 aromatic heterocycles. The molecule has 1 aliphatic heterocycles. The van der Waals surface area contributed by atoms with Gasteiger partial charge in [-0.2, -0.15) is 0 Å². The average molecular weight is 454 g/mol. The molecule has 7 heteroatoms. The number of carbonyl (C=O) groups is 2. The summed E-state index contributed by atoms with van der Waals surface area (Å²) in [4.78, 5) is 27.0. The number of carbonyl (C=O) groups excluding carboxylic acids is 2. The minimum atomic E-state index is -0.340. The Balaban J connectivity index is 1.56. The summed E-state index contributed by atoms with van der Waals surface area (Å²) >= 11 is 7.00. The lowest BCUT2D eigenvalue weighted by molar-refractivity contribution is -0.123. The highest BCUT2D eigenvalue weighted by atomic mass is 35.5. The molecule has 2 amide bonds. The molecule has 158 valence electrons. The van der Waals surface area contributed by atoms with Gasteiger partial charge in [0.2, 0.25) is 0 Å². The van der Waals surface area contributed by atoms with E-state index in [0.29, 0.717) is 28.0 Å². The summed E-state index contributed by atoms with van der Waals surface area (Å²) in [5.41, 5.74) is 0.790. The van der Waals surface area contributed by atoms with Gasteiger partial charge in [0.15, 0.2) is 0 Å². The Bertz CT molecular complexity index is 1180.